The van der Waals surface area contributed by atoms with E-state index in [9.17, 15) is 19.5 Å². The molecule has 0 aliphatic rings. The van der Waals surface area contributed by atoms with Crippen molar-refractivity contribution in [2.45, 2.75) is 134 Å². The maximum atomic E-state index is 11.8. The second-order valence-corrected chi connectivity index (χ2v) is 13.3. The maximum Gasteiger partial charge on any atom is 0.362 e. The Morgan fingerprint density at radius 3 is 1.31 bits per heavy atom. The zero-order valence-electron chi connectivity index (χ0n) is 23.6. The number of unbranched alkanes of at least 4 members (excludes halogenated alkanes) is 15. The highest BCUT2D eigenvalue weighted by atomic mass is 31.2. The molecule has 0 radical (unpaired) electrons. The number of likely N-dealkylation sites (N-methyl/N-ethyl adjacent to an activating group) is 1. The van der Waals surface area contributed by atoms with Crippen LogP contribution in [0.4, 0.5) is 0 Å². The Morgan fingerprint density at radius 2 is 0.971 bits per heavy atom. The van der Waals surface area contributed by atoms with Crippen LogP contribution in [0.15, 0.2) is 24.3 Å². The van der Waals surface area contributed by atoms with Crippen molar-refractivity contribution in [3.8, 4) is 0 Å². The third-order valence-electron chi connectivity index (χ3n) is 6.52. The van der Waals surface area contributed by atoms with Gasteiger partial charge in [-0.25, -0.2) is 0 Å². The highest BCUT2D eigenvalue weighted by Crippen LogP contribution is 2.52. The molecule has 0 aromatic carbocycles. The maximum absolute atomic E-state index is 11.8. The van der Waals surface area contributed by atoms with Gasteiger partial charge in [0, 0.05) is 0 Å². The summed E-state index contributed by atoms with van der Waals surface area (Å²) in [5.74, 6) is 0. The minimum Gasteiger partial charge on any atom is -0.373 e. The Morgan fingerprint density at radius 1 is 0.629 bits per heavy atom. The molecule has 208 valence electrons. The second kappa shape index (κ2) is 20.6. The smallest absolute Gasteiger partial charge is 0.362 e. The molecule has 1 atom stereocenters. The molecular formula is C29H59NO4P+. The van der Waals surface area contributed by atoms with Crippen molar-refractivity contribution in [3.63, 3.8) is 0 Å². The molecule has 0 aromatic rings. The summed E-state index contributed by atoms with van der Waals surface area (Å²) in [6.45, 7) is 2.31. The van der Waals surface area contributed by atoms with E-state index in [2.05, 4.69) is 31.2 Å². The molecule has 0 aliphatic carbocycles. The van der Waals surface area contributed by atoms with Crippen molar-refractivity contribution in [2.24, 2.45) is 0 Å². The van der Waals surface area contributed by atoms with Gasteiger partial charge in [-0.1, -0.05) is 89.0 Å². The van der Waals surface area contributed by atoms with E-state index in [-0.39, 0.29) is 13.0 Å². The lowest BCUT2D eigenvalue weighted by atomic mass is 10.1. The van der Waals surface area contributed by atoms with Crippen LogP contribution in [0, 0.1) is 0 Å². The van der Waals surface area contributed by atoms with Crippen molar-refractivity contribution in [1.82, 2.24) is 0 Å². The lowest BCUT2D eigenvalue weighted by Crippen LogP contribution is -2.49. The van der Waals surface area contributed by atoms with Crippen LogP contribution >= 0.6 is 7.60 Å². The number of hydrogen-bond acceptors (Lipinski definition) is 2. The van der Waals surface area contributed by atoms with E-state index in [1.54, 1.807) is 0 Å². The van der Waals surface area contributed by atoms with Crippen LogP contribution in [0.2, 0.25) is 0 Å². The summed E-state index contributed by atoms with van der Waals surface area (Å²) in [4.78, 5) is 19.2. The molecule has 1 unspecified atom stereocenters. The average molecular weight is 517 g/mol. The fraction of sp³-hybridized carbons (Fsp3) is 0.862. The number of aliphatic hydroxyl groups is 1. The van der Waals surface area contributed by atoms with E-state index >= 15 is 0 Å². The zero-order valence-corrected chi connectivity index (χ0v) is 24.5. The number of allylic oxidation sites excluding steroid dienone is 4. The number of quaternary nitrogens is 1. The first kappa shape index (κ1) is 34.6. The minimum absolute atomic E-state index is 0.0451. The third-order valence-corrected chi connectivity index (χ3v) is 7.97. The summed E-state index contributed by atoms with van der Waals surface area (Å²) in [6, 6.07) is 0. The van der Waals surface area contributed by atoms with Gasteiger partial charge in [0.1, 0.15) is 6.54 Å². The Hall–Kier alpha value is -0.450. The molecule has 35 heavy (non-hydrogen) atoms. The highest BCUT2D eigenvalue weighted by Gasteiger charge is 2.48. The van der Waals surface area contributed by atoms with Crippen LogP contribution in [-0.4, -0.2) is 52.4 Å². The number of hydrogen-bond donors (Lipinski definition) is 3. The van der Waals surface area contributed by atoms with Crippen LogP contribution in [0.25, 0.3) is 0 Å². The fourth-order valence-corrected chi connectivity index (χ4v) is 5.55. The van der Waals surface area contributed by atoms with Crippen molar-refractivity contribution in [2.75, 3.05) is 27.7 Å². The number of rotatable bonds is 24. The molecule has 0 aliphatic heterocycles. The van der Waals surface area contributed by atoms with Crippen molar-refractivity contribution in [1.29, 1.82) is 0 Å². The first-order valence-electron chi connectivity index (χ1n) is 14.4. The van der Waals surface area contributed by atoms with E-state index in [1.165, 1.54) is 89.9 Å². The van der Waals surface area contributed by atoms with Gasteiger partial charge in [-0.3, -0.25) is 4.57 Å². The Balaban J connectivity index is 3.59. The van der Waals surface area contributed by atoms with E-state index in [0.29, 0.717) is 10.9 Å². The second-order valence-electron chi connectivity index (χ2n) is 11.4. The monoisotopic (exact) mass is 516 g/mol. The van der Waals surface area contributed by atoms with E-state index in [1.807, 2.05) is 21.1 Å². The van der Waals surface area contributed by atoms with Gasteiger partial charge in [-0.15, -0.1) is 0 Å². The van der Waals surface area contributed by atoms with Gasteiger partial charge in [-0.05, 0) is 64.2 Å². The van der Waals surface area contributed by atoms with Gasteiger partial charge in [0.05, 0.1) is 21.1 Å². The van der Waals surface area contributed by atoms with Crippen molar-refractivity contribution < 1.29 is 23.9 Å². The van der Waals surface area contributed by atoms with Crippen LogP contribution in [-0.2, 0) is 4.57 Å². The number of nitrogens with zero attached hydrogens (tertiary/aromatic N) is 1. The Kier molecular flexibility index (Phi) is 20.3. The van der Waals surface area contributed by atoms with Gasteiger partial charge in [0.2, 0.25) is 5.34 Å². The van der Waals surface area contributed by atoms with Crippen LogP contribution in [0.5, 0.6) is 0 Å². The molecular weight excluding hydrogens is 457 g/mol. The molecule has 0 spiro atoms. The lowest BCUT2D eigenvalue weighted by Gasteiger charge is -2.35. The summed E-state index contributed by atoms with van der Waals surface area (Å²) in [5.41, 5.74) is 0. The molecule has 0 heterocycles. The zero-order chi connectivity index (χ0) is 26.5. The summed E-state index contributed by atoms with van der Waals surface area (Å²) < 4.78 is 12.1. The SMILES string of the molecule is CCCCCCC/C=C\CCCCCCCCC/C=C\CCCCC(O)(C[N+](C)(C)C)P(=O)(O)O. The van der Waals surface area contributed by atoms with Gasteiger partial charge in [0.15, 0.2) is 0 Å². The van der Waals surface area contributed by atoms with Gasteiger partial charge in [0.25, 0.3) is 0 Å². The van der Waals surface area contributed by atoms with Gasteiger partial charge < -0.3 is 19.4 Å². The summed E-state index contributed by atoms with van der Waals surface area (Å²) in [6.07, 6.45) is 31.4. The van der Waals surface area contributed by atoms with E-state index in [0.717, 1.165) is 19.3 Å². The highest BCUT2D eigenvalue weighted by molar-refractivity contribution is 7.53. The minimum atomic E-state index is -4.56. The van der Waals surface area contributed by atoms with Crippen LogP contribution in [0.1, 0.15) is 129 Å². The molecule has 0 fully saturated rings. The summed E-state index contributed by atoms with van der Waals surface area (Å²) in [5, 5.41) is 8.62. The van der Waals surface area contributed by atoms with Crippen molar-refractivity contribution in [3.05, 3.63) is 24.3 Å². The van der Waals surface area contributed by atoms with Gasteiger partial charge in [-0.2, -0.15) is 0 Å². The first-order chi connectivity index (χ1) is 16.5. The van der Waals surface area contributed by atoms with Crippen molar-refractivity contribution >= 4 is 7.60 Å². The average Bonchev–Trinajstić information content (AvgIpc) is 2.75. The Labute approximate surface area is 217 Å². The quantitative estimate of drug-likeness (QED) is 0.0524. The summed E-state index contributed by atoms with van der Waals surface area (Å²) >= 11 is 0. The fourth-order valence-electron chi connectivity index (χ4n) is 4.49. The van der Waals surface area contributed by atoms with Crippen LogP contribution in [0.3, 0.4) is 0 Å². The molecule has 0 saturated carbocycles. The third kappa shape index (κ3) is 21.4. The Bertz CT molecular complexity index is 594. The molecule has 6 heteroatoms. The largest absolute Gasteiger partial charge is 0.373 e. The molecule has 0 bridgehead atoms. The molecule has 0 amide bonds. The predicted octanol–water partition coefficient (Wildman–Crippen LogP) is 8.10. The summed E-state index contributed by atoms with van der Waals surface area (Å²) in [7, 11) is 0.937. The lowest BCUT2D eigenvalue weighted by molar-refractivity contribution is -0.875. The molecule has 3 N–H and O–H groups in total. The van der Waals surface area contributed by atoms with E-state index in [4.69, 9.17) is 0 Å². The molecule has 5 nitrogen and oxygen atoms in total. The van der Waals surface area contributed by atoms with E-state index < -0.39 is 12.9 Å². The molecule has 0 saturated heterocycles. The standard InChI is InChI=1S/C29H58NO4P/c1-5-6-7-8-9-10-11-12-13-14-15-16-17-18-19-20-21-22-23-24-25-26-27-29(31,35(32,33)34)28-30(2,3)4/h11-12,22-23,31H,5-10,13-21,24-28H2,1-4H3,(H-,32,33,34)/p+1/b12-11-,23-22-. The normalized spacial score (nSPS) is 14.8. The molecule has 0 aromatic heterocycles. The van der Waals surface area contributed by atoms with Crippen LogP contribution < -0.4 is 0 Å². The van der Waals surface area contributed by atoms with Gasteiger partial charge >= 0.3 is 7.60 Å². The first-order valence-corrected chi connectivity index (χ1v) is 16.0. The topological polar surface area (TPSA) is 77.8 Å². The molecule has 0 rings (SSSR count). The predicted molar refractivity (Wildman–Crippen MR) is 152 cm³/mol.